The molecule has 0 aliphatic heterocycles. The number of rotatable bonds is 5. The van der Waals surface area contributed by atoms with Gasteiger partial charge in [0.1, 0.15) is 4.88 Å². The van der Waals surface area contributed by atoms with E-state index in [1.807, 2.05) is 0 Å². The summed E-state index contributed by atoms with van der Waals surface area (Å²) in [5.74, 6) is 0.332. The first kappa shape index (κ1) is 11.9. The van der Waals surface area contributed by atoms with Crippen LogP contribution in [0.1, 0.15) is 9.67 Å². The van der Waals surface area contributed by atoms with Gasteiger partial charge in [0, 0.05) is 5.75 Å². The van der Waals surface area contributed by atoms with Gasteiger partial charge in [0.15, 0.2) is 15.8 Å². The molecule has 78 valence electrons. The predicted molar refractivity (Wildman–Crippen MR) is 56.3 cm³/mol. The maximum absolute atomic E-state index is 10.4. The molecule has 1 rings (SSSR count). The van der Waals surface area contributed by atoms with Gasteiger partial charge >= 0.3 is 0 Å². The van der Waals surface area contributed by atoms with Gasteiger partial charge in [-0.3, -0.25) is 4.79 Å². The number of thioether (sulfide) groups is 1. The number of aliphatic hydroxyl groups is 2. The van der Waals surface area contributed by atoms with Crippen LogP contribution in [0.5, 0.6) is 0 Å². The maximum Gasteiger partial charge on any atom is 0.163 e. The van der Waals surface area contributed by atoms with Crippen molar-refractivity contribution in [2.45, 2.75) is 10.4 Å². The Labute approximate surface area is 93.9 Å². The molecular weight excluding hydrogens is 246 g/mol. The van der Waals surface area contributed by atoms with Gasteiger partial charge in [-0.05, 0) is 0 Å². The second kappa shape index (κ2) is 5.67. The highest BCUT2D eigenvalue weighted by molar-refractivity contribution is 8.01. The molecule has 2 N–H and O–H groups in total. The number of aromatic nitrogens is 1. The normalized spacial score (nSPS) is 12.8. The average Bonchev–Trinajstić information content (AvgIpc) is 2.55. The molecule has 0 bridgehead atoms. The minimum absolute atomic E-state index is 0.186. The summed E-state index contributed by atoms with van der Waals surface area (Å²) >= 11 is 8.07. The number of thiazole rings is 1. The summed E-state index contributed by atoms with van der Waals surface area (Å²) in [5, 5.41) is 17.8. The fourth-order valence-electron chi connectivity index (χ4n) is 0.649. The van der Waals surface area contributed by atoms with Gasteiger partial charge in [-0.2, -0.15) is 0 Å². The minimum atomic E-state index is -0.776. The largest absolute Gasteiger partial charge is 0.394 e. The Morgan fingerprint density at radius 3 is 2.93 bits per heavy atom. The molecule has 0 saturated heterocycles. The highest BCUT2D eigenvalue weighted by Crippen LogP contribution is 2.29. The first-order valence-electron chi connectivity index (χ1n) is 3.70. The molecule has 7 heteroatoms. The Bertz CT molecular complexity index is 318. The molecule has 0 aromatic carbocycles. The number of aldehydes is 1. The van der Waals surface area contributed by atoms with E-state index in [0.717, 1.165) is 0 Å². The molecule has 14 heavy (non-hydrogen) atoms. The summed E-state index contributed by atoms with van der Waals surface area (Å²) < 4.78 is 0.615. The second-order valence-corrected chi connectivity index (χ2v) is 5.06. The highest BCUT2D eigenvalue weighted by atomic mass is 35.5. The van der Waals surface area contributed by atoms with Crippen molar-refractivity contribution in [1.82, 2.24) is 4.98 Å². The molecule has 0 aliphatic rings. The Kier molecular flexibility index (Phi) is 4.83. The van der Waals surface area contributed by atoms with Crippen LogP contribution < -0.4 is 0 Å². The Morgan fingerprint density at radius 2 is 2.43 bits per heavy atom. The van der Waals surface area contributed by atoms with Crippen LogP contribution in [0.3, 0.4) is 0 Å². The van der Waals surface area contributed by atoms with Crippen molar-refractivity contribution in [2.75, 3.05) is 12.4 Å². The fourth-order valence-corrected chi connectivity index (χ4v) is 2.80. The molecule has 0 amide bonds. The van der Waals surface area contributed by atoms with Gasteiger partial charge in [0.25, 0.3) is 0 Å². The van der Waals surface area contributed by atoms with Crippen LogP contribution in [0.25, 0.3) is 0 Å². The SMILES string of the molecule is O=Cc1sc(SCC(O)CO)nc1Cl. The zero-order chi connectivity index (χ0) is 10.6. The number of nitrogens with zero attached hydrogens (tertiary/aromatic N) is 1. The van der Waals surface area contributed by atoms with Crippen molar-refractivity contribution < 1.29 is 15.0 Å². The van der Waals surface area contributed by atoms with E-state index in [4.69, 9.17) is 21.8 Å². The van der Waals surface area contributed by atoms with Crippen LogP contribution in [0.15, 0.2) is 4.34 Å². The third-order valence-corrected chi connectivity index (χ3v) is 3.98. The average molecular weight is 254 g/mol. The van der Waals surface area contributed by atoms with Crippen molar-refractivity contribution >= 4 is 41.0 Å². The minimum Gasteiger partial charge on any atom is -0.394 e. The molecule has 4 nitrogen and oxygen atoms in total. The van der Waals surface area contributed by atoms with E-state index in [1.54, 1.807) is 0 Å². The number of hydrogen-bond donors (Lipinski definition) is 2. The van der Waals surface area contributed by atoms with Crippen LogP contribution in [-0.4, -0.2) is 39.9 Å². The van der Waals surface area contributed by atoms with E-state index in [0.29, 0.717) is 21.3 Å². The molecule has 1 unspecified atom stereocenters. The van der Waals surface area contributed by atoms with E-state index in [-0.39, 0.29) is 11.8 Å². The summed E-state index contributed by atoms with van der Waals surface area (Å²) in [6, 6.07) is 0. The molecule has 1 aromatic rings. The molecular formula is C7H8ClNO3S2. The molecule has 1 heterocycles. The lowest BCUT2D eigenvalue weighted by atomic mass is 10.4. The number of carbonyl (C=O) groups excluding carboxylic acids is 1. The zero-order valence-electron chi connectivity index (χ0n) is 7.01. The van der Waals surface area contributed by atoms with E-state index in [1.165, 1.54) is 23.1 Å². The van der Waals surface area contributed by atoms with Crippen LogP contribution in [-0.2, 0) is 0 Å². The van der Waals surface area contributed by atoms with Crippen molar-refractivity contribution in [1.29, 1.82) is 0 Å². The molecule has 1 aromatic heterocycles. The van der Waals surface area contributed by atoms with Gasteiger partial charge in [-0.1, -0.05) is 23.4 Å². The highest BCUT2D eigenvalue weighted by Gasteiger charge is 2.10. The van der Waals surface area contributed by atoms with Crippen LogP contribution in [0.2, 0.25) is 5.15 Å². The van der Waals surface area contributed by atoms with Crippen LogP contribution >= 0.6 is 34.7 Å². The van der Waals surface area contributed by atoms with Gasteiger partial charge < -0.3 is 10.2 Å². The Morgan fingerprint density at radius 1 is 1.71 bits per heavy atom. The van der Waals surface area contributed by atoms with Crippen molar-refractivity contribution in [3.8, 4) is 0 Å². The number of halogens is 1. The van der Waals surface area contributed by atoms with Gasteiger partial charge in [0.2, 0.25) is 0 Å². The summed E-state index contributed by atoms with van der Waals surface area (Å²) in [6.45, 7) is -0.285. The smallest absolute Gasteiger partial charge is 0.163 e. The zero-order valence-corrected chi connectivity index (χ0v) is 9.40. The van der Waals surface area contributed by atoms with Gasteiger partial charge in [0.05, 0.1) is 12.7 Å². The summed E-state index contributed by atoms with van der Waals surface area (Å²) in [4.78, 5) is 14.7. The first-order chi connectivity index (χ1) is 6.67. The van der Waals surface area contributed by atoms with Crippen LogP contribution in [0, 0.1) is 0 Å². The summed E-state index contributed by atoms with van der Waals surface area (Å²) in [6.07, 6.45) is -0.130. The molecule has 0 aliphatic carbocycles. The first-order valence-corrected chi connectivity index (χ1v) is 5.88. The number of aliphatic hydroxyl groups excluding tert-OH is 2. The Balaban J connectivity index is 2.55. The monoisotopic (exact) mass is 253 g/mol. The van der Waals surface area contributed by atoms with Crippen molar-refractivity contribution in [2.24, 2.45) is 0 Å². The fraction of sp³-hybridized carbons (Fsp3) is 0.429. The predicted octanol–water partition coefficient (Wildman–Crippen LogP) is 1.05. The van der Waals surface area contributed by atoms with E-state index < -0.39 is 6.10 Å². The summed E-state index contributed by atoms with van der Waals surface area (Å²) in [5.41, 5.74) is 0. The molecule has 0 radical (unpaired) electrons. The summed E-state index contributed by atoms with van der Waals surface area (Å²) in [7, 11) is 0. The van der Waals surface area contributed by atoms with E-state index in [2.05, 4.69) is 4.98 Å². The third-order valence-electron chi connectivity index (χ3n) is 1.31. The maximum atomic E-state index is 10.4. The van der Waals surface area contributed by atoms with E-state index in [9.17, 15) is 4.79 Å². The number of carbonyl (C=O) groups is 1. The molecule has 1 atom stereocenters. The van der Waals surface area contributed by atoms with Gasteiger partial charge in [-0.25, -0.2) is 4.98 Å². The molecule has 0 saturated carbocycles. The Hall–Kier alpha value is -0.140. The van der Waals surface area contributed by atoms with Crippen molar-refractivity contribution in [3.05, 3.63) is 10.0 Å². The second-order valence-electron chi connectivity index (χ2n) is 2.40. The van der Waals surface area contributed by atoms with Crippen molar-refractivity contribution in [3.63, 3.8) is 0 Å². The van der Waals surface area contributed by atoms with E-state index >= 15 is 0 Å². The lowest BCUT2D eigenvalue weighted by molar-refractivity contribution is 0.112. The standard InChI is InChI=1S/C7H8ClNO3S2/c8-6-5(2-11)14-7(9-6)13-3-4(12)1-10/h2,4,10,12H,1,3H2. The van der Waals surface area contributed by atoms with Crippen LogP contribution in [0.4, 0.5) is 0 Å². The topological polar surface area (TPSA) is 70.4 Å². The number of hydrogen-bond acceptors (Lipinski definition) is 6. The molecule has 0 spiro atoms. The lowest BCUT2D eigenvalue weighted by Gasteiger charge is -2.02. The quantitative estimate of drug-likeness (QED) is 0.606. The third kappa shape index (κ3) is 3.21. The van der Waals surface area contributed by atoms with Gasteiger partial charge in [-0.15, -0.1) is 11.3 Å². The molecule has 0 fully saturated rings. The lowest BCUT2D eigenvalue weighted by Crippen LogP contribution is -2.14.